The summed E-state index contributed by atoms with van der Waals surface area (Å²) in [5, 5.41) is 14.2. The van der Waals surface area contributed by atoms with Gasteiger partial charge in [0.1, 0.15) is 0 Å². The molecule has 2 aromatic rings. The fourth-order valence-electron chi connectivity index (χ4n) is 2.60. The van der Waals surface area contributed by atoms with Crippen LogP contribution in [0.2, 0.25) is 0 Å². The number of nitro groups is 1. The summed E-state index contributed by atoms with van der Waals surface area (Å²) in [5.41, 5.74) is 1.48. The van der Waals surface area contributed by atoms with Crippen LogP contribution >= 0.6 is 0 Å². The van der Waals surface area contributed by atoms with Crippen molar-refractivity contribution in [1.29, 1.82) is 0 Å². The van der Waals surface area contributed by atoms with Crippen LogP contribution in [0.1, 0.15) is 13.8 Å². The number of hydrogen-bond donors (Lipinski definition) is 2. The van der Waals surface area contributed by atoms with Crippen molar-refractivity contribution in [2.45, 2.75) is 19.4 Å². The highest BCUT2D eigenvalue weighted by Crippen LogP contribution is 2.26. The standard InChI is InChI=1S/C13H17N5O2/c1-13(2)8-14-5-6-17(13)12-15-10-4-3-9(18(19)20)7-11(10)16-12/h3-4,7,14H,5-6,8H2,1-2H3,(H,15,16). The SMILES string of the molecule is CC1(C)CNCCN1c1nc2ccc([N+](=O)[O-])cc2[nH]1. The van der Waals surface area contributed by atoms with Gasteiger partial charge in [0, 0.05) is 37.3 Å². The molecule has 0 radical (unpaired) electrons. The molecular weight excluding hydrogens is 258 g/mol. The van der Waals surface area contributed by atoms with Crippen molar-refractivity contribution >= 4 is 22.7 Å². The van der Waals surface area contributed by atoms with Crippen LogP contribution in [0.4, 0.5) is 11.6 Å². The molecule has 3 rings (SSSR count). The fraction of sp³-hybridized carbons (Fsp3) is 0.462. The minimum absolute atomic E-state index is 0.0436. The summed E-state index contributed by atoms with van der Waals surface area (Å²) < 4.78 is 0. The molecule has 7 nitrogen and oxygen atoms in total. The first-order valence-corrected chi connectivity index (χ1v) is 6.60. The zero-order valence-electron chi connectivity index (χ0n) is 11.5. The van der Waals surface area contributed by atoms with Gasteiger partial charge in [0.15, 0.2) is 0 Å². The van der Waals surface area contributed by atoms with Gasteiger partial charge >= 0.3 is 0 Å². The second kappa shape index (κ2) is 4.45. The average Bonchev–Trinajstić information content (AvgIpc) is 2.80. The number of aromatic amines is 1. The molecule has 20 heavy (non-hydrogen) atoms. The Morgan fingerprint density at radius 2 is 2.25 bits per heavy atom. The molecule has 1 fully saturated rings. The molecule has 106 valence electrons. The van der Waals surface area contributed by atoms with Gasteiger partial charge in [-0.05, 0) is 19.9 Å². The monoisotopic (exact) mass is 275 g/mol. The summed E-state index contributed by atoms with van der Waals surface area (Å²) in [4.78, 5) is 20.4. The zero-order chi connectivity index (χ0) is 14.3. The molecule has 1 aromatic heterocycles. The summed E-state index contributed by atoms with van der Waals surface area (Å²) in [7, 11) is 0. The van der Waals surface area contributed by atoms with Gasteiger partial charge in [-0.15, -0.1) is 0 Å². The summed E-state index contributed by atoms with van der Waals surface area (Å²) in [5.74, 6) is 0.770. The quantitative estimate of drug-likeness (QED) is 0.643. The molecule has 1 saturated heterocycles. The highest BCUT2D eigenvalue weighted by atomic mass is 16.6. The van der Waals surface area contributed by atoms with Gasteiger partial charge in [-0.1, -0.05) is 0 Å². The number of imidazole rings is 1. The van der Waals surface area contributed by atoms with Crippen LogP contribution < -0.4 is 10.2 Å². The third kappa shape index (κ3) is 2.09. The lowest BCUT2D eigenvalue weighted by Crippen LogP contribution is -2.58. The van der Waals surface area contributed by atoms with Crippen LogP contribution in [0.15, 0.2) is 18.2 Å². The number of piperazine rings is 1. The van der Waals surface area contributed by atoms with Gasteiger partial charge in [0.25, 0.3) is 5.69 Å². The maximum Gasteiger partial charge on any atom is 0.271 e. The largest absolute Gasteiger partial charge is 0.335 e. The summed E-state index contributed by atoms with van der Waals surface area (Å²) >= 11 is 0. The number of benzene rings is 1. The van der Waals surface area contributed by atoms with Crippen molar-refractivity contribution in [3.05, 3.63) is 28.3 Å². The Bertz CT molecular complexity index is 664. The highest BCUT2D eigenvalue weighted by molar-refractivity contribution is 5.80. The van der Waals surface area contributed by atoms with E-state index >= 15 is 0 Å². The predicted molar refractivity (Wildman–Crippen MR) is 77.0 cm³/mol. The van der Waals surface area contributed by atoms with E-state index in [-0.39, 0.29) is 11.2 Å². The topological polar surface area (TPSA) is 87.1 Å². The molecule has 0 unspecified atom stereocenters. The third-order valence-corrected chi connectivity index (χ3v) is 3.72. The normalized spacial score (nSPS) is 18.4. The first-order chi connectivity index (χ1) is 9.47. The summed E-state index contributed by atoms with van der Waals surface area (Å²) in [6.07, 6.45) is 0. The molecular formula is C13H17N5O2. The van der Waals surface area contributed by atoms with Crippen LogP contribution in [0.5, 0.6) is 0 Å². The van der Waals surface area contributed by atoms with Gasteiger partial charge in [-0.25, -0.2) is 4.98 Å². The van der Waals surface area contributed by atoms with E-state index in [1.54, 1.807) is 6.07 Å². The Morgan fingerprint density at radius 3 is 2.95 bits per heavy atom. The molecule has 0 atom stereocenters. The molecule has 2 N–H and O–H groups in total. The number of nitrogens with zero attached hydrogens (tertiary/aromatic N) is 3. The van der Waals surface area contributed by atoms with Crippen molar-refractivity contribution < 1.29 is 4.92 Å². The molecule has 0 spiro atoms. The summed E-state index contributed by atoms with van der Waals surface area (Å²) in [6, 6.07) is 4.69. The number of non-ortho nitro benzene ring substituents is 1. The molecule has 7 heteroatoms. The van der Waals surface area contributed by atoms with Gasteiger partial charge < -0.3 is 15.2 Å². The van der Waals surface area contributed by atoms with Crippen molar-refractivity contribution in [2.75, 3.05) is 24.5 Å². The van der Waals surface area contributed by atoms with Gasteiger partial charge in [0.05, 0.1) is 16.0 Å². The van der Waals surface area contributed by atoms with Crippen LogP contribution in [0.3, 0.4) is 0 Å². The average molecular weight is 275 g/mol. The number of hydrogen-bond acceptors (Lipinski definition) is 5. The van der Waals surface area contributed by atoms with Crippen molar-refractivity contribution in [1.82, 2.24) is 15.3 Å². The van der Waals surface area contributed by atoms with E-state index in [1.165, 1.54) is 12.1 Å². The van der Waals surface area contributed by atoms with Crippen LogP contribution in [0.25, 0.3) is 11.0 Å². The second-order valence-corrected chi connectivity index (χ2v) is 5.66. The van der Waals surface area contributed by atoms with Crippen LogP contribution in [-0.2, 0) is 0 Å². The number of H-pyrrole nitrogens is 1. The molecule has 1 aliphatic rings. The maximum atomic E-state index is 10.8. The van der Waals surface area contributed by atoms with Crippen molar-refractivity contribution in [2.24, 2.45) is 0 Å². The first-order valence-electron chi connectivity index (χ1n) is 6.60. The predicted octanol–water partition coefficient (Wildman–Crippen LogP) is 1.66. The summed E-state index contributed by atoms with van der Waals surface area (Å²) in [6.45, 7) is 6.93. The fourth-order valence-corrected chi connectivity index (χ4v) is 2.60. The highest BCUT2D eigenvalue weighted by Gasteiger charge is 2.31. The Balaban J connectivity index is 2.02. The number of anilines is 1. The number of aromatic nitrogens is 2. The van der Waals surface area contributed by atoms with E-state index in [0.29, 0.717) is 5.52 Å². The van der Waals surface area contributed by atoms with Gasteiger partial charge in [-0.3, -0.25) is 10.1 Å². The molecule has 1 aliphatic heterocycles. The Labute approximate surface area is 116 Å². The van der Waals surface area contributed by atoms with Crippen molar-refractivity contribution in [3.63, 3.8) is 0 Å². The lowest BCUT2D eigenvalue weighted by molar-refractivity contribution is -0.384. The molecule has 0 aliphatic carbocycles. The first kappa shape index (κ1) is 12.9. The number of fused-ring (bicyclic) bond motifs is 1. The molecule has 0 bridgehead atoms. The molecule has 2 heterocycles. The minimum atomic E-state index is -0.394. The van der Waals surface area contributed by atoms with Gasteiger partial charge in [-0.2, -0.15) is 0 Å². The Morgan fingerprint density at radius 1 is 1.45 bits per heavy atom. The second-order valence-electron chi connectivity index (χ2n) is 5.66. The Kier molecular flexibility index (Phi) is 2.86. The lowest BCUT2D eigenvalue weighted by atomic mass is 10.0. The lowest BCUT2D eigenvalue weighted by Gasteiger charge is -2.42. The van der Waals surface area contributed by atoms with Crippen LogP contribution in [-0.4, -0.2) is 40.1 Å². The number of nitro benzene ring substituents is 1. The zero-order valence-corrected chi connectivity index (χ0v) is 11.5. The van der Waals surface area contributed by atoms with E-state index in [1.807, 2.05) is 0 Å². The van der Waals surface area contributed by atoms with E-state index in [0.717, 1.165) is 31.1 Å². The molecule has 1 aromatic carbocycles. The molecule has 0 amide bonds. The third-order valence-electron chi connectivity index (χ3n) is 3.72. The van der Waals surface area contributed by atoms with E-state index in [2.05, 4.69) is 34.0 Å². The minimum Gasteiger partial charge on any atom is -0.335 e. The van der Waals surface area contributed by atoms with Gasteiger partial charge in [0.2, 0.25) is 5.95 Å². The molecule has 0 saturated carbocycles. The van der Waals surface area contributed by atoms with E-state index in [4.69, 9.17) is 0 Å². The number of rotatable bonds is 2. The Hall–Kier alpha value is -2.15. The maximum absolute atomic E-state index is 10.8. The smallest absolute Gasteiger partial charge is 0.271 e. The van der Waals surface area contributed by atoms with Crippen LogP contribution in [0, 0.1) is 10.1 Å². The van der Waals surface area contributed by atoms with Crippen molar-refractivity contribution in [3.8, 4) is 0 Å². The van der Waals surface area contributed by atoms with E-state index < -0.39 is 4.92 Å². The number of nitrogens with one attached hydrogen (secondary N) is 2. The van der Waals surface area contributed by atoms with E-state index in [9.17, 15) is 10.1 Å².